The molecule has 0 N–H and O–H groups in total. The second-order valence-electron chi connectivity index (χ2n) is 6.53. The van der Waals surface area contributed by atoms with E-state index < -0.39 is 22.1 Å². The van der Waals surface area contributed by atoms with Crippen LogP contribution >= 0.6 is 0 Å². The molecule has 0 heterocycles. The summed E-state index contributed by atoms with van der Waals surface area (Å²) in [7, 11) is 2.71. The zero-order chi connectivity index (χ0) is 24.0. The van der Waals surface area contributed by atoms with Gasteiger partial charge in [-0.2, -0.15) is 0 Å². The van der Waals surface area contributed by atoms with Crippen molar-refractivity contribution in [1.82, 2.24) is 0 Å². The van der Waals surface area contributed by atoms with E-state index in [1.54, 1.807) is 30.3 Å². The Morgan fingerprint density at radius 1 is 0.848 bits per heavy atom. The van der Waals surface area contributed by atoms with Gasteiger partial charge in [0, 0.05) is 12.1 Å². The van der Waals surface area contributed by atoms with E-state index in [1.165, 1.54) is 38.5 Å². The van der Waals surface area contributed by atoms with Gasteiger partial charge in [0.15, 0.2) is 17.6 Å². The monoisotopic (exact) mass is 454 g/mol. The summed E-state index contributed by atoms with van der Waals surface area (Å²) in [6, 6.07) is 15.7. The molecule has 3 aromatic rings. The molecule has 0 aliphatic rings. The van der Waals surface area contributed by atoms with E-state index in [0.717, 1.165) is 12.1 Å². The topological polar surface area (TPSA) is 140 Å². The predicted octanol–water partition coefficient (Wildman–Crippen LogP) is 4.83. The van der Waals surface area contributed by atoms with Crippen molar-refractivity contribution >= 4 is 17.5 Å². The lowest BCUT2D eigenvalue weighted by Crippen LogP contribution is -2.17. The van der Waals surface area contributed by atoms with E-state index >= 15 is 0 Å². The summed E-state index contributed by atoms with van der Waals surface area (Å²) in [5, 5.41) is 22.5. The quantitative estimate of drug-likeness (QED) is 0.203. The van der Waals surface area contributed by atoms with Crippen molar-refractivity contribution in [2.75, 3.05) is 14.2 Å². The minimum atomic E-state index is -1.23. The van der Waals surface area contributed by atoms with E-state index in [-0.39, 0.29) is 34.2 Å². The fourth-order valence-corrected chi connectivity index (χ4v) is 3.04. The molecule has 0 saturated carbocycles. The molecule has 170 valence electrons. The SMILES string of the molecule is COc1cc(C(OC(=O)Oc2ccc([N+](=O)[O-])cc2)c2ccccc2)c([N+](=O)[O-])cc1OC. The first-order valence-electron chi connectivity index (χ1n) is 9.42. The molecule has 0 aliphatic heterocycles. The van der Waals surface area contributed by atoms with Gasteiger partial charge < -0.3 is 18.9 Å². The number of rotatable bonds is 8. The van der Waals surface area contributed by atoms with E-state index in [2.05, 4.69) is 0 Å². The van der Waals surface area contributed by atoms with Crippen LogP contribution in [-0.4, -0.2) is 30.2 Å². The lowest BCUT2D eigenvalue weighted by molar-refractivity contribution is -0.386. The van der Waals surface area contributed by atoms with Crippen molar-refractivity contribution in [3.63, 3.8) is 0 Å². The van der Waals surface area contributed by atoms with Gasteiger partial charge >= 0.3 is 6.16 Å². The van der Waals surface area contributed by atoms with Crippen LogP contribution in [0, 0.1) is 20.2 Å². The molecule has 0 radical (unpaired) electrons. The van der Waals surface area contributed by atoms with Crippen LogP contribution in [0.25, 0.3) is 0 Å². The van der Waals surface area contributed by atoms with Crippen LogP contribution in [-0.2, 0) is 4.74 Å². The average molecular weight is 454 g/mol. The Balaban J connectivity index is 1.99. The van der Waals surface area contributed by atoms with Crippen molar-refractivity contribution in [3.05, 3.63) is 98.1 Å². The Kier molecular flexibility index (Phi) is 7.03. The molecule has 1 atom stereocenters. The molecular weight excluding hydrogens is 436 g/mol. The molecule has 0 spiro atoms. The third-order valence-electron chi connectivity index (χ3n) is 4.58. The van der Waals surface area contributed by atoms with Gasteiger partial charge in [-0.05, 0) is 23.8 Å². The molecule has 0 fully saturated rings. The van der Waals surface area contributed by atoms with Gasteiger partial charge in [-0.15, -0.1) is 0 Å². The van der Waals surface area contributed by atoms with Crippen molar-refractivity contribution in [1.29, 1.82) is 0 Å². The fourth-order valence-electron chi connectivity index (χ4n) is 3.04. The molecular formula is C22H18N2O9. The minimum absolute atomic E-state index is 0.000720. The summed E-state index contributed by atoms with van der Waals surface area (Å²) >= 11 is 0. The Morgan fingerprint density at radius 2 is 1.45 bits per heavy atom. The van der Waals surface area contributed by atoms with Crippen molar-refractivity contribution in [2.24, 2.45) is 0 Å². The second kappa shape index (κ2) is 10.1. The van der Waals surface area contributed by atoms with E-state index in [1.807, 2.05) is 0 Å². The Morgan fingerprint density at radius 3 is 2.00 bits per heavy atom. The summed E-state index contributed by atoms with van der Waals surface area (Å²) in [4.78, 5) is 33.9. The van der Waals surface area contributed by atoms with Crippen LogP contribution in [0.15, 0.2) is 66.7 Å². The smallest absolute Gasteiger partial charge is 0.493 e. The number of hydrogen-bond donors (Lipinski definition) is 0. The molecule has 33 heavy (non-hydrogen) atoms. The Hall–Kier alpha value is -4.67. The van der Waals surface area contributed by atoms with E-state index in [9.17, 15) is 25.0 Å². The Bertz CT molecular complexity index is 1160. The number of non-ortho nitro benzene ring substituents is 1. The van der Waals surface area contributed by atoms with Gasteiger partial charge in [-0.3, -0.25) is 20.2 Å². The summed E-state index contributed by atoms with van der Waals surface area (Å²) < 4.78 is 21.0. The molecule has 0 bridgehead atoms. The maximum absolute atomic E-state index is 12.5. The third kappa shape index (κ3) is 5.34. The average Bonchev–Trinajstić information content (AvgIpc) is 2.82. The molecule has 0 aliphatic carbocycles. The van der Waals surface area contributed by atoms with Crippen LogP contribution in [0.1, 0.15) is 17.2 Å². The van der Waals surface area contributed by atoms with Crippen molar-refractivity contribution < 1.29 is 33.6 Å². The number of carbonyl (C=O) groups excluding carboxylic acids is 1. The molecule has 3 aromatic carbocycles. The van der Waals surface area contributed by atoms with Crippen LogP contribution in [0.5, 0.6) is 17.2 Å². The third-order valence-corrected chi connectivity index (χ3v) is 4.58. The van der Waals surface area contributed by atoms with Crippen LogP contribution in [0.2, 0.25) is 0 Å². The van der Waals surface area contributed by atoms with E-state index in [0.29, 0.717) is 5.56 Å². The summed E-state index contributed by atoms with van der Waals surface area (Å²) in [6.07, 6.45) is -2.39. The molecule has 0 aromatic heterocycles. The molecule has 0 amide bonds. The number of ether oxygens (including phenoxy) is 4. The highest BCUT2D eigenvalue weighted by atomic mass is 16.7. The number of nitro groups is 2. The summed E-state index contributed by atoms with van der Waals surface area (Å²) in [6.45, 7) is 0. The number of hydrogen-bond acceptors (Lipinski definition) is 9. The van der Waals surface area contributed by atoms with Crippen LogP contribution in [0.3, 0.4) is 0 Å². The number of carbonyl (C=O) groups is 1. The molecule has 3 rings (SSSR count). The van der Waals surface area contributed by atoms with Gasteiger partial charge in [-0.25, -0.2) is 4.79 Å². The number of nitrogens with zero attached hydrogens (tertiary/aromatic N) is 2. The van der Waals surface area contributed by atoms with Gasteiger partial charge in [0.1, 0.15) is 5.75 Å². The first kappa shape index (κ1) is 23.0. The number of benzene rings is 3. The van der Waals surface area contributed by atoms with Crippen molar-refractivity contribution in [2.45, 2.75) is 6.10 Å². The normalized spacial score (nSPS) is 11.2. The lowest BCUT2D eigenvalue weighted by atomic mass is 9.99. The van der Waals surface area contributed by atoms with Gasteiger partial charge in [0.25, 0.3) is 11.4 Å². The fraction of sp³-hybridized carbons (Fsp3) is 0.136. The lowest BCUT2D eigenvalue weighted by Gasteiger charge is -2.20. The highest BCUT2D eigenvalue weighted by molar-refractivity contribution is 5.66. The first-order chi connectivity index (χ1) is 15.8. The number of methoxy groups -OCH3 is 2. The highest BCUT2D eigenvalue weighted by Gasteiger charge is 2.30. The van der Waals surface area contributed by atoms with Crippen molar-refractivity contribution in [3.8, 4) is 17.2 Å². The molecule has 11 heteroatoms. The molecule has 0 saturated heterocycles. The predicted molar refractivity (Wildman–Crippen MR) is 115 cm³/mol. The van der Waals surface area contributed by atoms with Crippen LogP contribution < -0.4 is 14.2 Å². The zero-order valence-corrected chi connectivity index (χ0v) is 17.5. The highest BCUT2D eigenvalue weighted by Crippen LogP contribution is 2.40. The van der Waals surface area contributed by atoms with E-state index in [4.69, 9.17) is 18.9 Å². The summed E-state index contributed by atoms with van der Waals surface area (Å²) in [5.74, 6) is 0.332. The van der Waals surface area contributed by atoms with Gasteiger partial charge in [0.05, 0.1) is 35.7 Å². The maximum Gasteiger partial charge on any atom is 0.514 e. The zero-order valence-electron chi connectivity index (χ0n) is 17.5. The van der Waals surface area contributed by atoms with Gasteiger partial charge in [0.2, 0.25) is 0 Å². The largest absolute Gasteiger partial charge is 0.514 e. The first-order valence-corrected chi connectivity index (χ1v) is 9.42. The molecule has 1 unspecified atom stereocenters. The maximum atomic E-state index is 12.5. The minimum Gasteiger partial charge on any atom is -0.493 e. The van der Waals surface area contributed by atoms with Gasteiger partial charge in [-0.1, -0.05) is 30.3 Å². The number of nitro benzene ring substituents is 2. The standard InChI is InChI=1S/C22H18N2O9/c1-30-19-12-17(18(24(28)29)13-20(19)31-2)21(14-6-4-3-5-7-14)33-22(25)32-16-10-8-15(9-11-16)23(26)27/h3-13,21H,1-2H3. The summed E-state index contributed by atoms with van der Waals surface area (Å²) in [5.41, 5.74) is -0.0681. The second-order valence-corrected chi connectivity index (χ2v) is 6.53. The van der Waals surface area contributed by atoms with Crippen LogP contribution in [0.4, 0.5) is 16.2 Å². The Labute approximate surface area is 187 Å². The molecule has 11 nitrogen and oxygen atoms in total.